The van der Waals surface area contributed by atoms with Gasteiger partial charge in [-0.2, -0.15) is 5.21 Å². The Hall–Kier alpha value is -2.57. The molecule has 1 saturated carbocycles. The van der Waals surface area contributed by atoms with Crippen LogP contribution in [0.4, 0.5) is 0 Å². The number of rotatable bonds is 5. The van der Waals surface area contributed by atoms with Gasteiger partial charge in [0, 0.05) is 23.5 Å². The quantitative estimate of drug-likeness (QED) is 0.817. The van der Waals surface area contributed by atoms with Gasteiger partial charge in [-0.05, 0) is 24.0 Å². The number of hydrogen-bond acceptors (Lipinski definition) is 5. The molecule has 1 aromatic carbocycles. The van der Waals surface area contributed by atoms with Gasteiger partial charge in [-0.1, -0.05) is 30.7 Å². The maximum Gasteiger partial charge on any atom is 0.303 e. The summed E-state index contributed by atoms with van der Waals surface area (Å²) < 4.78 is 0. The van der Waals surface area contributed by atoms with Crippen molar-refractivity contribution in [3.8, 4) is 11.4 Å². The van der Waals surface area contributed by atoms with E-state index < -0.39 is 5.97 Å². The number of nitrogens with zero attached hydrogens (tertiary/aromatic N) is 3. The second kappa shape index (κ2) is 6.05. The van der Waals surface area contributed by atoms with Crippen molar-refractivity contribution < 1.29 is 14.7 Å². The highest BCUT2D eigenvalue weighted by Crippen LogP contribution is 2.36. The predicted molar refractivity (Wildman–Crippen MR) is 77.0 cm³/mol. The first-order valence-electron chi connectivity index (χ1n) is 7.25. The van der Waals surface area contributed by atoms with E-state index in [9.17, 15) is 9.59 Å². The normalized spacial score (nSPS) is 20.9. The van der Waals surface area contributed by atoms with Crippen molar-refractivity contribution >= 4 is 11.8 Å². The lowest BCUT2D eigenvalue weighted by molar-refractivity contribution is -0.138. The lowest BCUT2D eigenvalue weighted by Crippen LogP contribution is -2.21. The average molecular weight is 300 g/mol. The Bertz CT molecular complexity index is 667. The fraction of sp³-hybridized carbons (Fsp3) is 0.400. The number of carbonyl (C=O) groups excluding carboxylic acids is 1. The first-order valence-corrected chi connectivity index (χ1v) is 7.25. The van der Waals surface area contributed by atoms with E-state index in [4.69, 9.17) is 5.11 Å². The molecule has 2 atom stereocenters. The molecule has 0 amide bonds. The summed E-state index contributed by atoms with van der Waals surface area (Å²) >= 11 is 0. The minimum Gasteiger partial charge on any atom is -0.481 e. The molecule has 0 aliphatic heterocycles. The molecule has 1 aromatic heterocycles. The smallest absolute Gasteiger partial charge is 0.303 e. The lowest BCUT2D eigenvalue weighted by Gasteiger charge is -2.16. The first-order chi connectivity index (χ1) is 10.6. The third-order valence-corrected chi connectivity index (χ3v) is 4.21. The van der Waals surface area contributed by atoms with Gasteiger partial charge >= 0.3 is 5.97 Å². The highest BCUT2D eigenvalue weighted by atomic mass is 16.4. The molecule has 1 fully saturated rings. The molecule has 2 N–H and O–H groups in total. The van der Waals surface area contributed by atoms with Gasteiger partial charge in [0.25, 0.3) is 0 Å². The van der Waals surface area contributed by atoms with Crippen molar-refractivity contribution in [1.29, 1.82) is 0 Å². The number of tetrazole rings is 1. The van der Waals surface area contributed by atoms with Crippen LogP contribution in [0.15, 0.2) is 24.3 Å². The number of carboxylic acids is 1. The topological polar surface area (TPSA) is 109 Å². The van der Waals surface area contributed by atoms with Gasteiger partial charge in [0.15, 0.2) is 5.78 Å². The van der Waals surface area contributed by atoms with E-state index in [1.807, 2.05) is 0 Å². The summed E-state index contributed by atoms with van der Waals surface area (Å²) in [6.45, 7) is 0. The Morgan fingerprint density at radius 1 is 1.23 bits per heavy atom. The van der Waals surface area contributed by atoms with Gasteiger partial charge in [-0.15, -0.1) is 10.2 Å². The minimum atomic E-state index is -0.836. The zero-order valence-electron chi connectivity index (χ0n) is 11.9. The minimum absolute atomic E-state index is 0.0309. The van der Waals surface area contributed by atoms with Gasteiger partial charge < -0.3 is 5.11 Å². The predicted octanol–water partition coefficient (Wildman–Crippen LogP) is 1.94. The van der Waals surface area contributed by atoms with Crippen LogP contribution in [0.2, 0.25) is 0 Å². The number of ketones is 1. The zero-order chi connectivity index (χ0) is 15.5. The Balaban J connectivity index is 1.76. The SMILES string of the molecule is O=C(O)C[C@@H]1CCC[C@H]1C(=O)c1ccc(-c2nn[nH]n2)cc1. The summed E-state index contributed by atoms with van der Waals surface area (Å²) in [5.74, 6) is -0.571. The van der Waals surface area contributed by atoms with E-state index in [1.165, 1.54) is 0 Å². The zero-order valence-corrected chi connectivity index (χ0v) is 11.9. The second-order valence-electron chi connectivity index (χ2n) is 5.57. The molecule has 1 aliphatic rings. The molecule has 1 aliphatic carbocycles. The number of hydrogen-bond donors (Lipinski definition) is 2. The molecule has 0 spiro atoms. The maximum atomic E-state index is 12.6. The summed E-state index contributed by atoms with van der Waals surface area (Å²) in [6, 6.07) is 7.03. The van der Waals surface area contributed by atoms with Crippen molar-refractivity contribution in [3.05, 3.63) is 29.8 Å². The Labute approximate surface area is 126 Å². The summed E-state index contributed by atoms with van der Waals surface area (Å²) in [5, 5.41) is 22.6. The molecule has 0 bridgehead atoms. The van der Waals surface area contributed by atoms with Crippen LogP contribution in [-0.2, 0) is 4.79 Å². The van der Waals surface area contributed by atoms with Gasteiger partial charge in [-0.25, -0.2) is 0 Å². The fourth-order valence-corrected chi connectivity index (χ4v) is 3.13. The molecule has 114 valence electrons. The number of benzene rings is 1. The number of nitrogens with one attached hydrogen (secondary N) is 1. The van der Waals surface area contributed by atoms with Crippen molar-refractivity contribution in [2.24, 2.45) is 11.8 Å². The standard InChI is InChI=1S/C15H16N4O3/c20-13(21)8-11-2-1-3-12(11)14(22)9-4-6-10(7-5-9)15-16-18-19-17-15/h4-7,11-12H,1-3,8H2,(H,20,21)(H,16,17,18,19)/t11-,12+/m0/s1. The first kappa shape index (κ1) is 14.4. The van der Waals surface area contributed by atoms with Crippen molar-refractivity contribution in [2.75, 3.05) is 0 Å². The molecule has 7 heteroatoms. The largest absolute Gasteiger partial charge is 0.481 e. The van der Waals surface area contributed by atoms with Crippen LogP contribution in [0.1, 0.15) is 36.0 Å². The van der Waals surface area contributed by atoms with Crippen LogP contribution in [-0.4, -0.2) is 37.5 Å². The molecule has 1 heterocycles. The highest BCUT2D eigenvalue weighted by Gasteiger charge is 2.34. The molecule has 0 radical (unpaired) electrons. The van der Waals surface area contributed by atoms with Crippen LogP contribution in [0.25, 0.3) is 11.4 Å². The number of aliphatic carboxylic acids is 1. The van der Waals surface area contributed by atoms with Gasteiger partial charge in [-0.3, -0.25) is 9.59 Å². The summed E-state index contributed by atoms with van der Waals surface area (Å²) in [5.41, 5.74) is 1.38. The number of carbonyl (C=O) groups is 2. The molecule has 0 unspecified atom stereocenters. The van der Waals surface area contributed by atoms with E-state index in [0.717, 1.165) is 24.8 Å². The van der Waals surface area contributed by atoms with Gasteiger partial charge in [0.05, 0.1) is 0 Å². The number of aromatic nitrogens is 4. The van der Waals surface area contributed by atoms with Gasteiger partial charge in [0.1, 0.15) is 0 Å². The van der Waals surface area contributed by atoms with E-state index >= 15 is 0 Å². The maximum absolute atomic E-state index is 12.6. The van der Waals surface area contributed by atoms with Crippen molar-refractivity contribution in [3.63, 3.8) is 0 Å². The lowest BCUT2D eigenvalue weighted by atomic mass is 9.86. The monoisotopic (exact) mass is 300 g/mol. The van der Waals surface area contributed by atoms with Crippen LogP contribution in [0.3, 0.4) is 0 Å². The van der Waals surface area contributed by atoms with E-state index in [-0.39, 0.29) is 24.0 Å². The Morgan fingerprint density at radius 2 is 2.00 bits per heavy atom. The van der Waals surface area contributed by atoms with E-state index in [1.54, 1.807) is 24.3 Å². The Morgan fingerprint density at radius 3 is 2.64 bits per heavy atom. The van der Waals surface area contributed by atoms with E-state index in [0.29, 0.717) is 11.4 Å². The summed E-state index contributed by atoms with van der Waals surface area (Å²) in [4.78, 5) is 23.5. The van der Waals surface area contributed by atoms with Crippen LogP contribution >= 0.6 is 0 Å². The van der Waals surface area contributed by atoms with Crippen LogP contribution in [0, 0.1) is 11.8 Å². The number of aromatic amines is 1. The molecule has 7 nitrogen and oxygen atoms in total. The molecule has 3 rings (SSSR count). The van der Waals surface area contributed by atoms with E-state index in [2.05, 4.69) is 20.6 Å². The number of Topliss-reactive ketones (excluding diaryl/α,β-unsaturated/α-hetero) is 1. The molecular weight excluding hydrogens is 284 g/mol. The second-order valence-corrected chi connectivity index (χ2v) is 5.57. The van der Waals surface area contributed by atoms with Crippen LogP contribution < -0.4 is 0 Å². The number of H-pyrrole nitrogens is 1. The van der Waals surface area contributed by atoms with Crippen molar-refractivity contribution in [2.45, 2.75) is 25.7 Å². The summed E-state index contributed by atoms with van der Waals surface area (Å²) in [7, 11) is 0. The summed E-state index contributed by atoms with van der Waals surface area (Å²) in [6.07, 6.45) is 2.56. The highest BCUT2D eigenvalue weighted by molar-refractivity contribution is 5.98. The molecule has 0 saturated heterocycles. The average Bonchev–Trinajstić information content (AvgIpc) is 3.17. The van der Waals surface area contributed by atoms with Gasteiger partial charge in [0.2, 0.25) is 5.82 Å². The Kier molecular flexibility index (Phi) is 3.95. The van der Waals surface area contributed by atoms with Crippen LogP contribution in [0.5, 0.6) is 0 Å². The van der Waals surface area contributed by atoms with Crippen molar-refractivity contribution in [1.82, 2.24) is 20.6 Å². The third-order valence-electron chi connectivity index (χ3n) is 4.21. The molecule has 2 aromatic rings. The molecular formula is C15H16N4O3. The third kappa shape index (κ3) is 2.88. The fourth-order valence-electron chi connectivity index (χ4n) is 3.13. The number of carboxylic acid groups (broad SMARTS) is 1. The molecule has 22 heavy (non-hydrogen) atoms.